The second-order valence-corrected chi connectivity index (χ2v) is 7.73. The van der Waals surface area contributed by atoms with Crippen molar-refractivity contribution in [3.63, 3.8) is 0 Å². The normalized spacial score (nSPS) is 14.5. The van der Waals surface area contributed by atoms with Gasteiger partial charge in [-0.15, -0.1) is 11.3 Å². The second kappa shape index (κ2) is 7.42. The van der Waals surface area contributed by atoms with Crippen LogP contribution in [0.5, 0.6) is 0 Å². The van der Waals surface area contributed by atoms with Crippen molar-refractivity contribution in [3.8, 4) is 6.07 Å². The summed E-state index contributed by atoms with van der Waals surface area (Å²) < 4.78 is 19.9. The van der Waals surface area contributed by atoms with E-state index in [-0.39, 0.29) is 10.8 Å². The predicted octanol–water partition coefficient (Wildman–Crippen LogP) is 3.95. The highest BCUT2D eigenvalue weighted by Gasteiger charge is 2.33. The molecule has 1 amide bonds. The Hall–Kier alpha value is -2.46. The summed E-state index contributed by atoms with van der Waals surface area (Å²) in [4.78, 5) is 25.0. The van der Waals surface area contributed by atoms with Gasteiger partial charge in [0.2, 0.25) is 0 Å². The zero-order chi connectivity index (χ0) is 19.6. The molecule has 1 N–H and O–H groups in total. The molecule has 0 radical (unpaired) electrons. The summed E-state index contributed by atoms with van der Waals surface area (Å²) in [6.45, 7) is 8.33. The highest BCUT2D eigenvalue weighted by atomic mass is 32.1. The molecule has 0 fully saturated rings. The van der Waals surface area contributed by atoms with Crippen molar-refractivity contribution < 1.29 is 18.7 Å². The van der Waals surface area contributed by atoms with E-state index in [0.717, 1.165) is 11.3 Å². The Labute approximate surface area is 155 Å². The van der Waals surface area contributed by atoms with Crippen LogP contribution in [-0.4, -0.2) is 23.5 Å². The minimum absolute atomic E-state index is 0.118. The fourth-order valence-electron chi connectivity index (χ4n) is 2.37. The van der Waals surface area contributed by atoms with Gasteiger partial charge in [-0.1, -0.05) is 19.9 Å². The molecule has 0 unspecified atom stereocenters. The number of benzene rings is 1. The second-order valence-electron chi connectivity index (χ2n) is 6.67. The Morgan fingerprint density at radius 1 is 1.35 bits per heavy atom. The van der Waals surface area contributed by atoms with Crippen LogP contribution in [0.15, 0.2) is 18.2 Å². The van der Waals surface area contributed by atoms with Crippen molar-refractivity contribution >= 4 is 33.3 Å². The number of hydrogen-bond donors (Lipinski definition) is 1. The number of fused-ring (bicyclic) bond motifs is 1. The van der Waals surface area contributed by atoms with E-state index >= 15 is 0 Å². The van der Waals surface area contributed by atoms with Crippen molar-refractivity contribution in [1.82, 2.24) is 5.32 Å². The molecule has 0 aliphatic rings. The highest BCUT2D eigenvalue weighted by Crippen LogP contribution is 2.33. The lowest BCUT2D eigenvalue weighted by Crippen LogP contribution is -2.52. The molecule has 0 saturated heterocycles. The molecular formula is C19H21FN2O3S. The fourth-order valence-corrected chi connectivity index (χ4v) is 3.48. The molecule has 0 aliphatic carbocycles. The van der Waals surface area contributed by atoms with Crippen LogP contribution in [0, 0.1) is 30.0 Å². The number of carbonyl (C=O) groups is 2. The first-order valence-electron chi connectivity index (χ1n) is 8.22. The first-order valence-corrected chi connectivity index (χ1v) is 9.04. The number of nitrogens with zero attached hydrogens (tertiary/aromatic N) is 1. The van der Waals surface area contributed by atoms with Crippen molar-refractivity contribution in [3.05, 3.63) is 34.5 Å². The number of ether oxygens (including phenoxy) is 1. The van der Waals surface area contributed by atoms with Crippen molar-refractivity contribution in [2.24, 2.45) is 5.92 Å². The molecular weight excluding hydrogens is 355 g/mol. The molecule has 0 aliphatic heterocycles. The molecule has 0 bridgehead atoms. The van der Waals surface area contributed by atoms with Crippen LogP contribution in [0.2, 0.25) is 0 Å². The number of hydrogen-bond acceptors (Lipinski definition) is 5. The number of nitriles is 1. The first-order chi connectivity index (χ1) is 12.1. The quantitative estimate of drug-likeness (QED) is 0.802. The van der Waals surface area contributed by atoms with E-state index in [2.05, 4.69) is 11.4 Å². The number of aryl methyl sites for hydroxylation is 1. The van der Waals surface area contributed by atoms with E-state index in [1.165, 1.54) is 13.0 Å². The largest absolute Gasteiger partial charge is 0.448 e. The smallest absolute Gasteiger partial charge is 0.349 e. The maximum absolute atomic E-state index is 14.0. The lowest BCUT2D eigenvalue weighted by molar-refractivity contribution is -0.130. The van der Waals surface area contributed by atoms with Crippen molar-refractivity contribution in [2.45, 2.75) is 46.3 Å². The van der Waals surface area contributed by atoms with Crippen LogP contribution < -0.4 is 5.32 Å². The van der Waals surface area contributed by atoms with Gasteiger partial charge in [-0.2, -0.15) is 5.26 Å². The lowest BCUT2D eigenvalue weighted by Gasteiger charge is -2.28. The van der Waals surface area contributed by atoms with Crippen LogP contribution in [-0.2, 0) is 9.53 Å². The van der Waals surface area contributed by atoms with Gasteiger partial charge in [0, 0.05) is 10.1 Å². The minimum Gasteiger partial charge on any atom is -0.448 e. The van der Waals surface area contributed by atoms with Gasteiger partial charge in [0.15, 0.2) is 6.10 Å². The van der Waals surface area contributed by atoms with Gasteiger partial charge in [0.1, 0.15) is 16.2 Å². The molecule has 138 valence electrons. The summed E-state index contributed by atoms with van der Waals surface area (Å²) in [6, 6.07) is 6.71. The number of esters is 1. The third-order valence-corrected chi connectivity index (χ3v) is 5.75. The summed E-state index contributed by atoms with van der Waals surface area (Å²) in [5, 5.41) is 12.3. The maximum Gasteiger partial charge on any atom is 0.349 e. The highest BCUT2D eigenvalue weighted by molar-refractivity contribution is 7.21. The standard InChI is InChI=1S/C19H21FN2O3S/c1-10(2)19(5,9-21)22-17(23)12(4)25-18(24)16-11(3)15-13(20)7-6-8-14(15)26-16/h6-8,10,12H,1-5H3,(H,22,23)/t12-,19-/m0/s1. The lowest BCUT2D eigenvalue weighted by atomic mass is 9.90. The van der Waals surface area contributed by atoms with Gasteiger partial charge in [-0.05, 0) is 44.4 Å². The van der Waals surface area contributed by atoms with E-state index in [4.69, 9.17) is 4.74 Å². The Kier molecular flexibility index (Phi) is 5.67. The third kappa shape index (κ3) is 3.70. The molecule has 2 aromatic rings. The predicted molar refractivity (Wildman–Crippen MR) is 98.4 cm³/mol. The summed E-state index contributed by atoms with van der Waals surface area (Å²) in [7, 11) is 0. The van der Waals surface area contributed by atoms with Gasteiger partial charge < -0.3 is 10.1 Å². The Balaban J connectivity index is 2.17. The van der Waals surface area contributed by atoms with Crippen LogP contribution in [0.1, 0.15) is 42.9 Å². The van der Waals surface area contributed by atoms with Crippen molar-refractivity contribution in [1.29, 1.82) is 5.26 Å². The zero-order valence-corrected chi connectivity index (χ0v) is 16.2. The third-order valence-electron chi connectivity index (χ3n) is 4.51. The molecule has 7 heteroatoms. The SMILES string of the molecule is Cc1c(C(=O)O[C@@H](C)C(=O)N[C@@](C)(C#N)C(C)C)sc2cccc(F)c12. The van der Waals surface area contributed by atoms with Crippen LogP contribution >= 0.6 is 11.3 Å². The molecule has 1 aromatic heterocycles. The number of rotatable bonds is 5. The number of amides is 1. The molecule has 2 atom stereocenters. The molecule has 0 saturated carbocycles. The average Bonchev–Trinajstić information content (AvgIpc) is 2.92. The number of halogens is 1. The maximum atomic E-state index is 14.0. The zero-order valence-electron chi connectivity index (χ0n) is 15.3. The molecule has 26 heavy (non-hydrogen) atoms. The average molecular weight is 376 g/mol. The van der Waals surface area contributed by atoms with E-state index in [1.807, 2.05) is 13.8 Å². The molecule has 5 nitrogen and oxygen atoms in total. The Morgan fingerprint density at radius 2 is 2.00 bits per heavy atom. The number of nitrogens with one attached hydrogen (secondary N) is 1. The molecule has 0 spiro atoms. The van der Waals surface area contributed by atoms with Gasteiger partial charge >= 0.3 is 5.97 Å². The first kappa shape index (κ1) is 19.9. The summed E-state index contributed by atoms with van der Waals surface area (Å²) >= 11 is 1.12. The van der Waals surface area contributed by atoms with Crippen LogP contribution in [0.4, 0.5) is 4.39 Å². The van der Waals surface area contributed by atoms with Crippen LogP contribution in [0.3, 0.4) is 0 Å². The summed E-state index contributed by atoms with van der Waals surface area (Å²) in [5.74, 6) is -1.76. The van der Waals surface area contributed by atoms with Crippen molar-refractivity contribution in [2.75, 3.05) is 0 Å². The minimum atomic E-state index is -1.08. The van der Waals surface area contributed by atoms with Crippen LogP contribution in [0.25, 0.3) is 10.1 Å². The summed E-state index contributed by atoms with van der Waals surface area (Å²) in [6.07, 6.45) is -1.08. The van der Waals surface area contributed by atoms with Gasteiger partial charge in [-0.25, -0.2) is 9.18 Å². The summed E-state index contributed by atoms with van der Waals surface area (Å²) in [5.41, 5.74) is -0.571. The monoisotopic (exact) mass is 376 g/mol. The molecule has 1 heterocycles. The van der Waals surface area contributed by atoms with Gasteiger partial charge in [-0.3, -0.25) is 4.79 Å². The van der Waals surface area contributed by atoms with Gasteiger partial charge in [0.25, 0.3) is 5.91 Å². The topological polar surface area (TPSA) is 79.2 Å². The van der Waals surface area contributed by atoms with Gasteiger partial charge in [0.05, 0.1) is 6.07 Å². The Bertz CT molecular complexity index is 900. The molecule has 2 rings (SSSR count). The van der Waals surface area contributed by atoms with E-state index < -0.39 is 29.3 Å². The van der Waals surface area contributed by atoms with E-state index in [9.17, 15) is 19.2 Å². The molecule has 1 aromatic carbocycles. The van der Waals surface area contributed by atoms with E-state index in [0.29, 0.717) is 15.6 Å². The van der Waals surface area contributed by atoms with E-state index in [1.54, 1.807) is 26.0 Å². The number of carbonyl (C=O) groups excluding carboxylic acids is 2. The Morgan fingerprint density at radius 3 is 2.54 bits per heavy atom. The fraction of sp³-hybridized carbons (Fsp3) is 0.421. The number of thiophene rings is 1.